The lowest BCUT2D eigenvalue weighted by molar-refractivity contribution is -0.137. The maximum atomic E-state index is 12.1. The number of hydrogen-bond donors (Lipinski definition) is 2. The summed E-state index contributed by atoms with van der Waals surface area (Å²) in [5, 5.41) is 4.03. The minimum absolute atomic E-state index is 0.0888. The Morgan fingerprint density at radius 1 is 1.15 bits per heavy atom. The Morgan fingerprint density at radius 2 is 1.85 bits per heavy atom. The van der Waals surface area contributed by atoms with Gasteiger partial charge in [-0.25, -0.2) is 0 Å². The molecule has 146 valence electrons. The van der Waals surface area contributed by atoms with Crippen molar-refractivity contribution in [3.8, 4) is 11.5 Å². The van der Waals surface area contributed by atoms with E-state index in [4.69, 9.17) is 21.1 Å². The normalized spacial score (nSPS) is 11.0. The van der Waals surface area contributed by atoms with Crippen LogP contribution in [0.25, 0.3) is 0 Å². The minimum atomic E-state index is -4.52. The first-order valence-corrected chi connectivity index (χ1v) is 8.26. The van der Waals surface area contributed by atoms with Gasteiger partial charge in [0.2, 0.25) is 5.91 Å². The van der Waals surface area contributed by atoms with Crippen LogP contribution in [0.5, 0.6) is 11.5 Å². The fourth-order valence-electron chi connectivity index (χ4n) is 1.83. The van der Waals surface area contributed by atoms with E-state index in [2.05, 4.69) is 5.32 Å². The summed E-state index contributed by atoms with van der Waals surface area (Å²) in [6.45, 7) is 2.31. The van der Waals surface area contributed by atoms with Crippen LogP contribution in [0.4, 0.5) is 13.2 Å². The standard InChI is InChI=1S/C16H20ClF3N2O4/c1-3-5-26-14-11(17)6-10(7-12(14)25-4-2)15(24)21-8-13(23)22-9-16(18,19)20/h6-7H,3-5,8-9H2,1-2H3,(H,21,24)(H,22,23). The van der Waals surface area contributed by atoms with E-state index in [-0.39, 0.29) is 16.3 Å². The molecule has 10 heteroatoms. The van der Waals surface area contributed by atoms with Crippen molar-refractivity contribution in [3.05, 3.63) is 22.7 Å². The second-order valence-electron chi connectivity index (χ2n) is 5.14. The molecular weight excluding hydrogens is 377 g/mol. The van der Waals surface area contributed by atoms with Gasteiger partial charge in [0.15, 0.2) is 11.5 Å². The number of nitrogens with one attached hydrogen (secondary N) is 2. The Morgan fingerprint density at radius 3 is 2.42 bits per heavy atom. The molecule has 0 aliphatic rings. The first kappa shape index (κ1) is 21.9. The fraction of sp³-hybridized carbons (Fsp3) is 0.500. The number of rotatable bonds is 9. The van der Waals surface area contributed by atoms with Crippen molar-refractivity contribution in [3.63, 3.8) is 0 Å². The summed E-state index contributed by atoms with van der Waals surface area (Å²) in [5.74, 6) is -1.08. The Kier molecular flexibility index (Phi) is 8.50. The van der Waals surface area contributed by atoms with Gasteiger partial charge in [-0.15, -0.1) is 0 Å². The second kappa shape index (κ2) is 10.1. The molecule has 0 saturated carbocycles. The number of carbonyl (C=O) groups excluding carboxylic acids is 2. The van der Waals surface area contributed by atoms with Crippen molar-refractivity contribution >= 4 is 23.4 Å². The molecule has 0 unspecified atom stereocenters. The van der Waals surface area contributed by atoms with Gasteiger partial charge in [0.1, 0.15) is 6.54 Å². The van der Waals surface area contributed by atoms with Crippen molar-refractivity contribution in [2.24, 2.45) is 0 Å². The topological polar surface area (TPSA) is 76.7 Å². The van der Waals surface area contributed by atoms with E-state index in [1.807, 2.05) is 6.92 Å². The molecule has 0 fully saturated rings. The van der Waals surface area contributed by atoms with Crippen LogP contribution < -0.4 is 20.1 Å². The Bertz CT molecular complexity index is 639. The van der Waals surface area contributed by atoms with Crippen LogP contribution in [0, 0.1) is 0 Å². The summed E-state index contributed by atoms with van der Waals surface area (Å²) >= 11 is 6.12. The number of ether oxygens (including phenoxy) is 2. The highest BCUT2D eigenvalue weighted by atomic mass is 35.5. The molecule has 2 amide bonds. The molecule has 1 aromatic carbocycles. The van der Waals surface area contributed by atoms with Crippen LogP contribution in [0.1, 0.15) is 30.6 Å². The molecule has 26 heavy (non-hydrogen) atoms. The highest BCUT2D eigenvalue weighted by Crippen LogP contribution is 2.36. The zero-order chi connectivity index (χ0) is 19.7. The molecule has 0 spiro atoms. The number of amides is 2. The van der Waals surface area contributed by atoms with E-state index in [0.717, 1.165) is 6.42 Å². The van der Waals surface area contributed by atoms with Crippen LogP contribution >= 0.6 is 11.6 Å². The third kappa shape index (κ3) is 7.38. The van der Waals surface area contributed by atoms with Crippen molar-refractivity contribution in [2.75, 3.05) is 26.3 Å². The summed E-state index contributed by atoms with van der Waals surface area (Å²) in [6, 6.07) is 2.72. The van der Waals surface area contributed by atoms with Crippen LogP contribution in [0.15, 0.2) is 12.1 Å². The summed E-state index contributed by atoms with van der Waals surface area (Å²) in [4.78, 5) is 23.5. The van der Waals surface area contributed by atoms with Gasteiger partial charge in [0, 0.05) is 5.56 Å². The van der Waals surface area contributed by atoms with Crippen LogP contribution in [-0.4, -0.2) is 44.3 Å². The summed E-state index contributed by atoms with van der Waals surface area (Å²) in [7, 11) is 0. The zero-order valence-electron chi connectivity index (χ0n) is 14.3. The summed E-state index contributed by atoms with van der Waals surface area (Å²) < 4.78 is 47.0. The van der Waals surface area contributed by atoms with Gasteiger partial charge in [-0.1, -0.05) is 18.5 Å². The molecule has 0 aromatic heterocycles. The third-order valence-electron chi connectivity index (χ3n) is 2.92. The SMILES string of the molecule is CCCOc1c(Cl)cc(C(=O)NCC(=O)NCC(F)(F)F)cc1OCC. The second-order valence-corrected chi connectivity index (χ2v) is 5.55. The van der Waals surface area contributed by atoms with Gasteiger partial charge in [-0.05, 0) is 25.5 Å². The molecule has 0 atom stereocenters. The van der Waals surface area contributed by atoms with Gasteiger partial charge in [-0.2, -0.15) is 13.2 Å². The lowest BCUT2D eigenvalue weighted by Gasteiger charge is -2.15. The van der Waals surface area contributed by atoms with Crippen molar-refractivity contribution in [2.45, 2.75) is 26.4 Å². The largest absolute Gasteiger partial charge is 0.490 e. The van der Waals surface area contributed by atoms with Crippen molar-refractivity contribution in [1.29, 1.82) is 0 Å². The predicted octanol–water partition coefficient (Wildman–Crippen LogP) is 2.94. The van der Waals surface area contributed by atoms with Crippen molar-refractivity contribution in [1.82, 2.24) is 10.6 Å². The van der Waals surface area contributed by atoms with E-state index >= 15 is 0 Å². The van der Waals surface area contributed by atoms with Gasteiger partial charge in [-0.3, -0.25) is 9.59 Å². The van der Waals surface area contributed by atoms with Gasteiger partial charge in [0.25, 0.3) is 5.91 Å². The first-order chi connectivity index (χ1) is 12.2. The van der Waals surface area contributed by atoms with Crippen LogP contribution in [0.2, 0.25) is 5.02 Å². The fourth-order valence-corrected chi connectivity index (χ4v) is 2.10. The molecule has 1 aromatic rings. The van der Waals surface area contributed by atoms with Gasteiger partial charge < -0.3 is 20.1 Å². The van der Waals surface area contributed by atoms with E-state index in [1.54, 1.807) is 12.2 Å². The first-order valence-electron chi connectivity index (χ1n) is 7.88. The van der Waals surface area contributed by atoms with Gasteiger partial charge in [0.05, 0.1) is 24.8 Å². The van der Waals surface area contributed by atoms with E-state index in [9.17, 15) is 22.8 Å². The number of carbonyl (C=O) groups is 2. The molecule has 6 nitrogen and oxygen atoms in total. The number of alkyl halides is 3. The molecule has 0 bridgehead atoms. The smallest absolute Gasteiger partial charge is 0.405 e. The molecule has 0 saturated heterocycles. The average Bonchev–Trinajstić information content (AvgIpc) is 2.56. The maximum absolute atomic E-state index is 12.1. The predicted molar refractivity (Wildman–Crippen MR) is 89.8 cm³/mol. The molecule has 1 rings (SSSR count). The van der Waals surface area contributed by atoms with E-state index < -0.39 is 31.1 Å². The minimum Gasteiger partial charge on any atom is -0.490 e. The number of halogens is 4. The molecule has 0 aliphatic carbocycles. The Labute approximate surface area is 154 Å². The summed E-state index contributed by atoms with van der Waals surface area (Å²) in [6.07, 6.45) is -3.77. The third-order valence-corrected chi connectivity index (χ3v) is 3.20. The molecular formula is C16H20ClF3N2O4. The summed E-state index contributed by atoms with van der Waals surface area (Å²) in [5.41, 5.74) is 0.0888. The Balaban J connectivity index is 2.78. The monoisotopic (exact) mass is 396 g/mol. The lowest BCUT2D eigenvalue weighted by atomic mass is 10.2. The Hall–Kier alpha value is -2.16. The van der Waals surface area contributed by atoms with E-state index in [0.29, 0.717) is 19.0 Å². The van der Waals surface area contributed by atoms with Crippen LogP contribution in [0.3, 0.4) is 0 Å². The maximum Gasteiger partial charge on any atom is 0.405 e. The van der Waals surface area contributed by atoms with Crippen molar-refractivity contribution < 1.29 is 32.2 Å². The number of hydrogen-bond acceptors (Lipinski definition) is 4. The highest BCUT2D eigenvalue weighted by Gasteiger charge is 2.27. The molecule has 0 heterocycles. The molecule has 2 N–H and O–H groups in total. The molecule has 0 radical (unpaired) electrons. The van der Waals surface area contributed by atoms with Gasteiger partial charge >= 0.3 is 6.18 Å². The number of benzene rings is 1. The van der Waals surface area contributed by atoms with Crippen LogP contribution in [-0.2, 0) is 4.79 Å². The molecule has 0 aliphatic heterocycles. The van der Waals surface area contributed by atoms with E-state index in [1.165, 1.54) is 12.1 Å². The quantitative estimate of drug-likeness (QED) is 0.673. The zero-order valence-corrected chi connectivity index (χ0v) is 15.1. The average molecular weight is 397 g/mol. The highest BCUT2D eigenvalue weighted by molar-refractivity contribution is 6.32. The lowest BCUT2D eigenvalue weighted by Crippen LogP contribution is -2.40.